The second kappa shape index (κ2) is 5.41. The zero-order chi connectivity index (χ0) is 15.0. The van der Waals surface area contributed by atoms with Crippen molar-refractivity contribution in [3.8, 4) is 11.5 Å². The van der Waals surface area contributed by atoms with Gasteiger partial charge < -0.3 is 10.2 Å². The van der Waals surface area contributed by atoms with Crippen molar-refractivity contribution in [2.24, 2.45) is 0 Å². The van der Waals surface area contributed by atoms with Gasteiger partial charge in [-0.25, -0.2) is 4.98 Å². The van der Waals surface area contributed by atoms with Crippen LogP contribution in [0.4, 0.5) is 5.69 Å². The predicted molar refractivity (Wildman–Crippen MR) is 87.6 cm³/mol. The fourth-order valence-electron chi connectivity index (χ4n) is 2.29. The van der Waals surface area contributed by atoms with E-state index in [1.807, 2.05) is 12.1 Å². The summed E-state index contributed by atoms with van der Waals surface area (Å²) in [7, 11) is 0. The molecule has 3 rings (SSSR count). The highest BCUT2D eigenvalue weighted by molar-refractivity contribution is 6.33. The van der Waals surface area contributed by atoms with Gasteiger partial charge >= 0.3 is 0 Å². The number of hydrogen-bond acceptors (Lipinski definition) is 3. The number of rotatable bonds is 3. The predicted octanol–water partition coefficient (Wildman–Crippen LogP) is 5.24. The van der Waals surface area contributed by atoms with Gasteiger partial charge in [0.05, 0.1) is 10.7 Å². The Labute approximate surface area is 128 Å². The average Bonchev–Trinajstić information content (AvgIpc) is 2.92. The first kappa shape index (κ1) is 14.0. The van der Waals surface area contributed by atoms with Crippen LogP contribution >= 0.6 is 11.6 Å². The Balaban J connectivity index is 2.06. The van der Waals surface area contributed by atoms with Crippen LogP contribution in [0.15, 0.2) is 40.8 Å². The van der Waals surface area contributed by atoms with Gasteiger partial charge in [-0.1, -0.05) is 31.5 Å². The Morgan fingerprint density at radius 1 is 1.24 bits per heavy atom. The van der Waals surface area contributed by atoms with Gasteiger partial charge in [0.15, 0.2) is 5.58 Å². The van der Waals surface area contributed by atoms with Crippen LogP contribution in [0.1, 0.15) is 31.7 Å². The highest BCUT2D eigenvalue weighted by atomic mass is 35.5. The maximum Gasteiger partial charge on any atom is 0.227 e. The molecule has 0 aliphatic heterocycles. The topological polar surface area (TPSA) is 52.0 Å². The monoisotopic (exact) mass is 300 g/mol. The second-order valence-electron chi connectivity index (χ2n) is 5.29. The fourth-order valence-corrected chi connectivity index (χ4v) is 2.40. The summed E-state index contributed by atoms with van der Waals surface area (Å²) in [6.07, 6.45) is 1.10. The lowest BCUT2D eigenvalue weighted by Crippen LogP contribution is -1.90. The normalized spacial score (nSPS) is 12.7. The van der Waals surface area contributed by atoms with Crippen LogP contribution in [0.25, 0.3) is 22.6 Å². The van der Waals surface area contributed by atoms with Gasteiger partial charge in [0.25, 0.3) is 0 Å². The van der Waals surface area contributed by atoms with E-state index in [2.05, 4.69) is 31.0 Å². The molecule has 0 bridgehead atoms. The zero-order valence-electron chi connectivity index (χ0n) is 12.1. The number of halogens is 1. The van der Waals surface area contributed by atoms with Crippen LogP contribution in [-0.4, -0.2) is 4.98 Å². The highest BCUT2D eigenvalue weighted by Crippen LogP contribution is 2.30. The lowest BCUT2D eigenvalue weighted by Gasteiger charge is -2.07. The van der Waals surface area contributed by atoms with Crippen molar-refractivity contribution >= 4 is 28.4 Å². The number of nitrogen functional groups attached to an aromatic ring is 1. The summed E-state index contributed by atoms with van der Waals surface area (Å²) < 4.78 is 5.81. The quantitative estimate of drug-likeness (QED) is 0.673. The van der Waals surface area contributed by atoms with Crippen LogP contribution in [0.3, 0.4) is 0 Å². The Morgan fingerprint density at radius 3 is 2.76 bits per heavy atom. The number of hydrogen-bond donors (Lipinski definition) is 1. The Kier molecular flexibility index (Phi) is 3.60. The second-order valence-corrected chi connectivity index (χ2v) is 5.70. The summed E-state index contributed by atoms with van der Waals surface area (Å²) in [6.45, 7) is 4.39. The van der Waals surface area contributed by atoms with Crippen LogP contribution < -0.4 is 5.73 Å². The van der Waals surface area contributed by atoms with Gasteiger partial charge in [-0.3, -0.25) is 0 Å². The van der Waals surface area contributed by atoms with Crippen molar-refractivity contribution < 1.29 is 4.42 Å². The lowest BCUT2D eigenvalue weighted by atomic mass is 9.98. The molecule has 0 saturated carbocycles. The molecule has 0 unspecified atom stereocenters. The summed E-state index contributed by atoms with van der Waals surface area (Å²) in [5, 5.41) is 0.536. The maximum atomic E-state index is 5.94. The molecular formula is C17H17ClN2O. The number of oxazole rings is 1. The SMILES string of the molecule is CC[C@@H](C)c1ccc2oc(-c3ccc(Cl)c(N)c3)nc2c1. The van der Waals surface area contributed by atoms with E-state index >= 15 is 0 Å². The molecule has 4 heteroatoms. The molecule has 0 aliphatic rings. The first-order valence-electron chi connectivity index (χ1n) is 7.04. The molecule has 0 aliphatic carbocycles. The molecule has 2 N–H and O–H groups in total. The van der Waals surface area contributed by atoms with E-state index in [0.29, 0.717) is 22.5 Å². The van der Waals surface area contributed by atoms with Gasteiger partial charge in [-0.05, 0) is 48.2 Å². The van der Waals surface area contributed by atoms with E-state index in [4.69, 9.17) is 21.8 Å². The molecule has 3 aromatic rings. The minimum atomic E-state index is 0.515. The molecule has 0 fully saturated rings. The van der Waals surface area contributed by atoms with E-state index in [0.717, 1.165) is 23.1 Å². The molecule has 1 atom stereocenters. The van der Waals surface area contributed by atoms with Crippen LogP contribution in [0, 0.1) is 0 Å². The summed E-state index contributed by atoms with van der Waals surface area (Å²) in [5.74, 6) is 1.08. The van der Waals surface area contributed by atoms with Crippen molar-refractivity contribution in [2.75, 3.05) is 5.73 Å². The molecule has 2 aromatic carbocycles. The minimum Gasteiger partial charge on any atom is -0.436 e. The Bertz CT molecular complexity index is 795. The third-order valence-electron chi connectivity index (χ3n) is 3.84. The Morgan fingerprint density at radius 2 is 2.05 bits per heavy atom. The third kappa shape index (κ3) is 2.61. The first-order chi connectivity index (χ1) is 10.1. The number of nitrogens with two attached hydrogens (primary N) is 1. The molecule has 0 saturated heterocycles. The standard InChI is InChI=1S/C17H17ClN2O/c1-3-10(2)11-5-7-16-15(9-11)20-17(21-16)12-4-6-13(18)14(19)8-12/h4-10H,3,19H2,1-2H3/t10-/m1/s1. The highest BCUT2D eigenvalue weighted by Gasteiger charge is 2.11. The maximum absolute atomic E-state index is 5.94. The summed E-state index contributed by atoms with van der Waals surface area (Å²) >= 11 is 5.94. The smallest absolute Gasteiger partial charge is 0.227 e. The number of nitrogens with zero attached hydrogens (tertiary/aromatic N) is 1. The summed E-state index contributed by atoms with van der Waals surface area (Å²) in [5.41, 5.74) is 10.1. The summed E-state index contributed by atoms with van der Waals surface area (Å²) in [4.78, 5) is 4.57. The van der Waals surface area contributed by atoms with E-state index in [9.17, 15) is 0 Å². The van der Waals surface area contributed by atoms with Gasteiger partial charge in [-0.2, -0.15) is 0 Å². The fraction of sp³-hybridized carbons (Fsp3) is 0.235. The number of benzene rings is 2. The Hall–Kier alpha value is -2.00. The van der Waals surface area contributed by atoms with E-state index < -0.39 is 0 Å². The zero-order valence-corrected chi connectivity index (χ0v) is 12.8. The number of anilines is 1. The van der Waals surface area contributed by atoms with Crippen LogP contribution in [0.2, 0.25) is 5.02 Å². The van der Waals surface area contributed by atoms with E-state index in [1.165, 1.54) is 5.56 Å². The van der Waals surface area contributed by atoms with Crippen molar-refractivity contribution in [3.05, 3.63) is 47.0 Å². The van der Waals surface area contributed by atoms with Crippen molar-refractivity contribution in [2.45, 2.75) is 26.2 Å². The van der Waals surface area contributed by atoms with Gasteiger partial charge in [0.2, 0.25) is 5.89 Å². The largest absolute Gasteiger partial charge is 0.436 e. The molecular weight excluding hydrogens is 284 g/mol. The van der Waals surface area contributed by atoms with E-state index in [-0.39, 0.29) is 0 Å². The van der Waals surface area contributed by atoms with Gasteiger partial charge in [-0.15, -0.1) is 0 Å². The number of aromatic nitrogens is 1. The van der Waals surface area contributed by atoms with Crippen LogP contribution in [-0.2, 0) is 0 Å². The molecule has 21 heavy (non-hydrogen) atoms. The van der Waals surface area contributed by atoms with Crippen molar-refractivity contribution in [1.82, 2.24) is 4.98 Å². The molecule has 0 radical (unpaired) electrons. The van der Waals surface area contributed by atoms with Crippen molar-refractivity contribution in [3.63, 3.8) is 0 Å². The molecule has 0 amide bonds. The molecule has 108 valence electrons. The molecule has 0 spiro atoms. The molecule has 3 nitrogen and oxygen atoms in total. The summed E-state index contributed by atoms with van der Waals surface area (Å²) in [6, 6.07) is 11.6. The van der Waals surface area contributed by atoms with Gasteiger partial charge in [0, 0.05) is 5.56 Å². The third-order valence-corrected chi connectivity index (χ3v) is 4.18. The number of fused-ring (bicyclic) bond motifs is 1. The molecule has 1 aromatic heterocycles. The lowest BCUT2D eigenvalue weighted by molar-refractivity contribution is 0.619. The van der Waals surface area contributed by atoms with Crippen LogP contribution in [0.5, 0.6) is 0 Å². The van der Waals surface area contributed by atoms with E-state index in [1.54, 1.807) is 12.1 Å². The molecule has 1 heterocycles. The van der Waals surface area contributed by atoms with Crippen molar-refractivity contribution in [1.29, 1.82) is 0 Å². The average molecular weight is 301 g/mol. The van der Waals surface area contributed by atoms with Gasteiger partial charge in [0.1, 0.15) is 5.52 Å². The minimum absolute atomic E-state index is 0.515. The first-order valence-corrected chi connectivity index (χ1v) is 7.42.